The van der Waals surface area contributed by atoms with Crippen molar-refractivity contribution in [3.63, 3.8) is 0 Å². The van der Waals surface area contributed by atoms with Crippen molar-refractivity contribution in [2.24, 2.45) is 5.92 Å². The van der Waals surface area contributed by atoms with Gasteiger partial charge >= 0.3 is 5.76 Å². The number of benzene rings is 1. The second kappa shape index (κ2) is 5.93. The molecular formula is C16H23N3O2. The predicted molar refractivity (Wildman–Crippen MR) is 84.8 cm³/mol. The number of nitrogens with zero attached hydrogens (tertiary/aromatic N) is 1. The minimum absolute atomic E-state index is 0.402. The van der Waals surface area contributed by atoms with Crippen molar-refractivity contribution < 1.29 is 4.42 Å². The lowest BCUT2D eigenvalue weighted by atomic mass is 9.91. The number of hydrogen-bond acceptors (Lipinski definition) is 4. The van der Waals surface area contributed by atoms with Crippen LogP contribution in [0.2, 0.25) is 0 Å². The summed E-state index contributed by atoms with van der Waals surface area (Å²) in [5, 5.41) is 3.57. The van der Waals surface area contributed by atoms with Crippen LogP contribution in [0.5, 0.6) is 0 Å². The molecule has 2 atom stereocenters. The highest BCUT2D eigenvalue weighted by Crippen LogP contribution is 2.23. The van der Waals surface area contributed by atoms with Crippen molar-refractivity contribution >= 4 is 16.8 Å². The molecule has 2 N–H and O–H groups in total. The Morgan fingerprint density at radius 1 is 1.52 bits per heavy atom. The van der Waals surface area contributed by atoms with Crippen molar-refractivity contribution in [1.82, 2.24) is 9.88 Å². The number of piperidine rings is 1. The van der Waals surface area contributed by atoms with Crippen molar-refractivity contribution in [2.75, 3.05) is 25.0 Å². The van der Waals surface area contributed by atoms with Crippen molar-refractivity contribution in [2.45, 2.75) is 32.7 Å². The highest BCUT2D eigenvalue weighted by Gasteiger charge is 2.23. The molecule has 0 spiro atoms. The number of aromatic amines is 1. The maximum absolute atomic E-state index is 11.2. The fourth-order valence-electron chi connectivity index (χ4n) is 3.21. The number of oxazole rings is 1. The number of likely N-dealkylation sites (tertiary alicyclic amines) is 1. The Labute approximate surface area is 124 Å². The molecule has 0 radical (unpaired) electrons. The molecule has 1 aliphatic heterocycles. The molecule has 114 valence electrons. The SMILES string of the molecule is CCN1CCCC(C(C)Nc2ccc3oc(=O)[nH]c3c2)C1. The van der Waals surface area contributed by atoms with Crippen LogP contribution in [0.1, 0.15) is 26.7 Å². The molecule has 1 aromatic heterocycles. The van der Waals surface area contributed by atoms with E-state index in [0.29, 0.717) is 17.5 Å². The topological polar surface area (TPSA) is 61.3 Å². The van der Waals surface area contributed by atoms with Crippen LogP contribution >= 0.6 is 0 Å². The lowest BCUT2D eigenvalue weighted by molar-refractivity contribution is 0.172. The summed E-state index contributed by atoms with van der Waals surface area (Å²) in [5.41, 5.74) is 2.38. The molecule has 1 saturated heterocycles. The van der Waals surface area contributed by atoms with Gasteiger partial charge in [-0.1, -0.05) is 6.92 Å². The molecule has 5 heteroatoms. The summed E-state index contributed by atoms with van der Waals surface area (Å²) in [5.74, 6) is 0.263. The zero-order valence-corrected chi connectivity index (χ0v) is 12.7. The average molecular weight is 289 g/mol. The van der Waals surface area contributed by atoms with E-state index in [-0.39, 0.29) is 0 Å². The highest BCUT2D eigenvalue weighted by molar-refractivity contribution is 5.76. The summed E-state index contributed by atoms with van der Waals surface area (Å²) in [6.45, 7) is 7.98. The van der Waals surface area contributed by atoms with Crippen LogP contribution in [-0.2, 0) is 0 Å². The van der Waals surface area contributed by atoms with Gasteiger partial charge in [0.2, 0.25) is 0 Å². The van der Waals surface area contributed by atoms with Crippen LogP contribution in [0.15, 0.2) is 27.4 Å². The molecule has 0 saturated carbocycles. The van der Waals surface area contributed by atoms with Gasteiger partial charge in [-0.25, -0.2) is 4.79 Å². The van der Waals surface area contributed by atoms with E-state index >= 15 is 0 Å². The Morgan fingerprint density at radius 3 is 3.19 bits per heavy atom. The first-order chi connectivity index (χ1) is 10.2. The van der Waals surface area contributed by atoms with E-state index in [4.69, 9.17) is 4.42 Å². The lowest BCUT2D eigenvalue weighted by Crippen LogP contribution is -2.41. The Kier molecular flexibility index (Phi) is 4.01. The van der Waals surface area contributed by atoms with Gasteiger partial charge in [0.25, 0.3) is 0 Å². The molecule has 2 heterocycles. The number of H-pyrrole nitrogens is 1. The summed E-state index contributed by atoms with van der Waals surface area (Å²) < 4.78 is 5.03. The van der Waals surface area contributed by atoms with Crippen LogP contribution in [0.25, 0.3) is 11.1 Å². The first kappa shape index (κ1) is 14.2. The quantitative estimate of drug-likeness (QED) is 0.908. The molecule has 0 bridgehead atoms. The summed E-state index contributed by atoms with van der Waals surface area (Å²) >= 11 is 0. The molecule has 5 nitrogen and oxygen atoms in total. The van der Waals surface area contributed by atoms with Gasteiger partial charge in [0.05, 0.1) is 5.52 Å². The van der Waals surface area contributed by atoms with Gasteiger partial charge in [-0.05, 0) is 57.0 Å². The number of fused-ring (bicyclic) bond motifs is 1. The molecule has 0 aliphatic carbocycles. The van der Waals surface area contributed by atoms with E-state index in [1.165, 1.54) is 19.4 Å². The largest absolute Gasteiger partial charge is 0.417 e. The van der Waals surface area contributed by atoms with Crippen LogP contribution in [-0.4, -0.2) is 35.6 Å². The molecule has 0 amide bonds. The minimum Gasteiger partial charge on any atom is -0.408 e. The molecule has 21 heavy (non-hydrogen) atoms. The van der Waals surface area contributed by atoms with Crippen molar-refractivity contribution in [3.05, 3.63) is 28.7 Å². The third-order valence-electron chi connectivity index (χ3n) is 4.51. The van der Waals surface area contributed by atoms with E-state index in [2.05, 4.69) is 29.0 Å². The first-order valence-corrected chi connectivity index (χ1v) is 7.77. The van der Waals surface area contributed by atoms with Gasteiger partial charge in [-0.3, -0.25) is 4.98 Å². The third kappa shape index (κ3) is 3.13. The van der Waals surface area contributed by atoms with Crippen molar-refractivity contribution in [1.29, 1.82) is 0 Å². The van der Waals surface area contributed by atoms with Gasteiger partial charge in [0.15, 0.2) is 5.58 Å². The molecule has 2 aromatic rings. The smallest absolute Gasteiger partial charge is 0.408 e. The predicted octanol–water partition coefficient (Wildman–Crippen LogP) is 2.65. The Hall–Kier alpha value is -1.75. The molecule has 1 aromatic carbocycles. The summed E-state index contributed by atoms with van der Waals surface area (Å²) in [4.78, 5) is 16.4. The number of nitrogens with one attached hydrogen (secondary N) is 2. The summed E-state index contributed by atoms with van der Waals surface area (Å²) in [6.07, 6.45) is 2.55. The van der Waals surface area contributed by atoms with Gasteiger partial charge in [0.1, 0.15) is 0 Å². The maximum atomic E-state index is 11.2. The van der Waals surface area contributed by atoms with Crippen LogP contribution in [0.4, 0.5) is 5.69 Å². The summed E-state index contributed by atoms with van der Waals surface area (Å²) in [7, 11) is 0. The molecule has 1 fully saturated rings. The normalized spacial score (nSPS) is 21.5. The highest BCUT2D eigenvalue weighted by atomic mass is 16.4. The van der Waals surface area contributed by atoms with E-state index in [1.54, 1.807) is 0 Å². The minimum atomic E-state index is -0.402. The number of aromatic nitrogens is 1. The Bertz CT molecular complexity index is 661. The van der Waals surface area contributed by atoms with E-state index in [9.17, 15) is 4.79 Å². The van der Waals surface area contributed by atoms with E-state index in [1.807, 2.05) is 18.2 Å². The van der Waals surface area contributed by atoms with Crippen LogP contribution in [0.3, 0.4) is 0 Å². The number of hydrogen-bond donors (Lipinski definition) is 2. The second-order valence-corrected chi connectivity index (χ2v) is 5.95. The van der Waals surface area contributed by atoms with Crippen LogP contribution < -0.4 is 11.1 Å². The summed E-state index contributed by atoms with van der Waals surface area (Å²) in [6, 6.07) is 6.16. The first-order valence-electron chi connectivity index (χ1n) is 7.77. The van der Waals surface area contributed by atoms with Gasteiger partial charge in [-0.15, -0.1) is 0 Å². The zero-order chi connectivity index (χ0) is 14.8. The average Bonchev–Trinajstić information content (AvgIpc) is 2.86. The number of anilines is 1. The molecule has 3 rings (SSSR count). The van der Waals surface area contributed by atoms with Crippen LogP contribution in [0, 0.1) is 5.92 Å². The monoisotopic (exact) mass is 289 g/mol. The van der Waals surface area contributed by atoms with Crippen molar-refractivity contribution in [3.8, 4) is 0 Å². The second-order valence-electron chi connectivity index (χ2n) is 5.95. The molecule has 1 aliphatic rings. The van der Waals surface area contributed by atoms with E-state index < -0.39 is 5.76 Å². The van der Waals surface area contributed by atoms with Gasteiger partial charge in [-0.2, -0.15) is 0 Å². The van der Waals surface area contributed by atoms with Gasteiger partial charge < -0.3 is 14.6 Å². The fourth-order valence-corrected chi connectivity index (χ4v) is 3.21. The Morgan fingerprint density at radius 2 is 2.38 bits per heavy atom. The number of rotatable bonds is 4. The maximum Gasteiger partial charge on any atom is 0.417 e. The third-order valence-corrected chi connectivity index (χ3v) is 4.51. The molecule has 2 unspecified atom stereocenters. The zero-order valence-electron chi connectivity index (χ0n) is 12.7. The lowest BCUT2D eigenvalue weighted by Gasteiger charge is -2.35. The fraction of sp³-hybridized carbons (Fsp3) is 0.562. The Balaban J connectivity index is 1.70. The standard InChI is InChI=1S/C16H23N3O2/c1-3-19-8-4-5-12(10-19)11(2)17-13-6-7-15-14(9-13)18-16(20)21-15/h6-7,9,11-12,17H,3-5,8,10H2,1-2H3,(H,18,20). The molecular weight excluding hydrogens is 266 g/mol. The van der Waals surface area contributed by atoms with Gasteiger partial charge in [0, 0.05) is 18.3 Å². The van der Waals surface area contributed by atoms with E-state index in [0.717, 1.165) is 24.3 Å².